The van der Waals surface area contributed by atoms with Crippen molar-refractivity contribution in [2.75, 3.05) is 6.54 Å². The molecular weight excluding hydrogens is 230 g/mol. The van der Waals surface area contributed by atoms with Crippen LogP contribution in [0, 0.1) is 35.5 Å². The minimum absolute atomic E-state index is 0.909. The molecule has 4 bridgehead atoms. The third-order valence-corrected chi connectivity index (χ3v) is 7.00. The molecule has 1 heteroatoms. The van der Waals surface area contributed by atoms with Crippen LogP contribution in [0.2, 0.25) is 0 Å². The van der Waals surface area contributed by atoms with Crippen molar-refractivity contribution >= 4 is 0 Å². The average Bonchev–Trinajstić information content (AvgIpc) is 2.39. The number of hydrogen-bond acceptors (Lipinski definition) is 1. The van der Waals surface area contributed by atoms with Crippen LogP contribution in [0.1, 0.15) is 64.7 Å². The minimum atomic E-state index is 0.909. The third-order valence-electron chi connectivity index (χ3n) is 7.00. The van der Waals surface area contributed by atoms with Gasteiger partial charge in [-0.3, -0.25) is 0 Å². The molecule has 5 saturated carbocycles. The Kier molecular flexibility index (Phi) is 3.38. The standard InChI is InChI=1S/C18H31N/c1-12-2-4-13(5-3-12)11-19-18-16-7-14-6-15(9-16)10-17(18)8-14/h12-19H,2-11H2,1H3. The second-order valence-electron chi connectivity index (χ2n) is 8.49. The van der Waals surface area contributed by atoms with Crippen LogP contribution in [0.3, 0.4) is 0 Å². The van der Waals surface area contributed by atoms with Gasteiger partial charge in [0, 0.05) is 6.04 Å². The Bertz CT molecular complexity index is 288. The summed E-state index contributed by atoms with van der Waals surface area (Å²) in [6.07, 6.45) is 13.8. The number of hydrogen-bond donors (Lipinski definition) is 1. The maximum Gasteiger partial charge on any atom is 0.0124 e. The summed E-state index contributed by atoms with van der Waals surface area (Å²) >= 11 is 0. The van der Waals surface area contributed by atoms with Crippen LogP contribution in [0.15, 0.2) is 0 Å². The van der Waals surface area contributed by atoms with Gasteiger partial charge in [0.1, 0.15) is 0 Å². The zero-order valence-electron chi connectivity index (χ0n) is 12.6. The molecule has 19 heavy (non-hydrogen) atoms. The Labute approximate surface area is 118 Å². The summed E-state index contributed by atoms with van der Waals surface area (Å²) in [5.41, 5.74) is 0. The molecule has 0 heterocycles. The summed E-state index contributed by atoms with van der Waals surface area (Å²) < 4.78 is 0. The normalized spacial score (nSPS) is 52.6. The van der Waals surface area contributed by atoms with Crippen LogP contribution in [0.4, 0.5) is 0 Å². The van der Waals surface area contributed by atoms with Gasteiger partial charge in [-0.1, -0.05) is 19.8 Å². The topological polar surface area (TPSA) is 12.0 Å². The van der Waals surface area contributed by atoms with E-state index in [2.05, 4.69) is 12.2 Å². The quantitative estimate of drug-likeness (QED) is 0.802. The fourth-order valence-electron chi connectivity index (χ4n) is 6.09. The Morgan fingerprint density at radius 3 is 1.95 bits per heavy atom. The minimum Gasteiger partial charge on any atom is -0.313 e. The predicted molar refractivity (Wildman–Crippen MR) is 80.0 cm³/mol. The highest BCUT2D eigenvalue weighted by molar-refractivity contribution is 5.01. The van der Waals surface area contributed by atoms with Crippen LogP contribution in [0.25, 0.3) is 0 Å². The largest absolute Gasteiger partial charge is 0.313 e. The molecular formula is C18H31N. The first-order valence-corrected chi connectivity index (χ1v) is 9.01. The highest BCUT2D eigenvalue weighted by Gasteiger charge is 2.47. The molecule has 0 aromatic heterocycles. The number of rotatable bonds is 3. The Morgan fingerprint density at radius 1 is 0.789 bits per heavy atom. The maximum atomic E-state index is 4.05. The van der Waals surface area contributed by atoms with Crippen molar-refractivity contribution in [3.8, 4) is 0 Å². The molecule has 1 N–H and O–H groups in total. The highest BCUT2D eigenvalue weighted by Crippen LogP contribution is 2.53. The van der Waals surface area contributed by atoms with Gasteiger partial charge in [0.25, 0.3) is 0 Å². The second kappa shape index (κ2) is 5.06. The van der Waals surface area contributed by atoms with Gasteiger partial charge in [-0.25, -0.2) is 0 Å². The maximum absolute atomic E-state index is 4.05. The summed E-state index contributed by atoms with van der Waals surface area (Å²) in [6, 6.07) is 0.909. The lowest BCUT2D eigenvalue weighted by molar-refractivity contribution is -0.0154. The van der Waals surface area contributed by atoms with E-state index in [1.54, 1.807) is 32.1 Å². The molecule has 0 aromatic carbocycles. The zero-order chi connectivity index (χ0) is 12.8. The van der Waals surface area contributed by atoms with Crippen molar-refractivity contribution in [3.63, 3.8) is 0 Å². The first-order chi connectivity index (χ1) is 9.28. The first-order valence-electron chi connectivity index (χ1n) is 9.01. The van der Waals surface area contributed by atoms with Crippen molar-refractivity contribution in [2.24, 2.45) is 35.5 Å². The molecule has 0 atom stereocenters. The highest BCUT2D eigenvalue weighted by atomic mass is 14.9. The van der Waals surface area contributed by atoms with Crippen molar-refractivity contribution in [3.05, 3.63) is 0 Å². The van der Waals surface area contributed by atoms with Gasteiger partial charge in [0.05, 0.1) is 0 Å². The summed E-state index contributed by atoms with van der Waals surface area (Å²) in [4.78, 5) is 0. The van der Waals surface area contributed by atoms with E-state index >= 15 is 0 Å². The molecule has 0 aromatic rings. The van der Waals surface area contributed by atoms with Crippen molar-refractivity contribution < 1.29 is 0 Å². The van der Waals surface area contributed by atoms with E-state index in [0.29, 0.717) is 0 Å². The van der Waals surface area contributed by atoms with E-state index < -0.39 is 0 Å². The van der Waals surface area contributed by atoms with Crippen LogP contribution >= 0.6 is 0 Å². The van der Waals surface area contributed by atoms with Crippen LogP contribution in [-0.4, -0.2) is 12.6 Å². The fraction of sp³-hybridized carbons (Fsp3) is 1.00. The number of nitrogens with one attached hydrogen (secondary N) is 1. The van der Waals surface area contributed by atoms with E-state index in [4.69, 9.17) is 0 Å². The van der Waals surface area contributed by atoms with Crippen molar-refractivity contribution in [2.45, 2.75) is 70.8 Å². The molecule has 0 amide bonds. The van der Waals surface area contributed by atoms with Crippen molar-refractivity contribution in [1.82, 2.24) is 5.32 Å². The summed E-state index contributed by atoms with van der Waals surface area (Å²) in [5.74, 6) is 6.34. The Morgan fingerprint density at radius 2 is 1.37 bits per heavy atom. The Hall–Kier alpha value is -0.0400. The van der Waals surface area contributed by atoms with Gasteiger partial charge >= 0.3 is 0 Å². The van der Waals surface area contributed by atoms with Crippen LogP contribution in [0.5, 0.6) is 0 Å². The lowest BCUT2D eigenvalue weighted by Crippen LogP contribution is -2.55. The summed E-state index contributed by atoms with van der Waals surface area (Å²) in [7, 11) is 0. The monoisotopic (exact) mass is 261 g/mol. The van der Waals surface area contributed by atoms with Gasteiger partial charge in [-0.05, 0) is 87.0 Å². The van der Waals surface area contributed by atoms with E-state index in [1.165, 1.54) is 32.2 Å². The fourth-order valence-corrected chi connectivity index (χ4v) is 6.09. The summed E-state index contributed by atoms with van der Waals surface area (Å²) in [5, 5.41) is 4.05. The van der Waals surface area contributed by atoms with Crippen LogP contribution < -0.4 is 5.32 Å². The van der Waals surface area contributed by atoms with Gasteiger partial charge in [-0.15, -0.1) is 0 Å². The molecule has 0 unspecified atom stereocenters. The van der Waals surface area contributed by atoms with Gasteiger partial charge in [0.2, 0.25) is 0 Å². The van der Waals surface area contributed by atoms with E-state index in [-0.39, 0.29) is 0 Å². The van der Waals surface area contributed by atoms with E-state index in [1.807, 2.05) is 0 Å². The lowest BCUT2D eigenvalue weighted by atomic mass is 9.54. The molecule has 5 aliphatic rings. The molecule has 5 rings (SSSR count). The third kappa shape index (κ3) is 2.48. The van der Waals surface area contributed by atoms with E-state index in [0.717, 1.165) is 41.5 Å². The molecule has 0 aliphatic heterocycles. The van der Waals surface area contributed by atoms with Crippen LogP contribution in [-0.2, 0) is 0 Å². The van der Waals surface area contributed by atoms with Gasteiger partial charge in [0.15, 0.2) is 0 Å². The molecule has 0 saturated heterocycles. The van der Waals surface area contributed by atoms with E-state index in [9.17, 15) is 0 Å². The molecule has 1 nitrogen and oxygen atoms in total. The van der Waals surface area contributed by atoms with Gasteiger partial charge in [-0.2, -0.15) is 0 Å². The predicted octanol–water partition coefficient (Wildman–Crippen LogP) is 4.23. The van der Waals surface area contributed by atoms with Crippen molar-refractivity contribution in [1.29, 1.82) is 0 Å². The SMILES string of the molecule is CC1CCC(CNC2C3CC4CC(C3)CC2C4)CC1. The second-order valence-corrected chi connectivity index (χ2v) is 8.49. The smallest absolute Gasteiger partial charge is 0.0124 e. The molecule has 108 valence electrons. The first kappa shape index (κ1) is 12.7. The van der Waals surface area contributed by atoms with Gasteiger partial charge < -0.3 is 5.32 Å². The Balaban J connectivity index is 1.31. The summed E-state index contributed by atoms with van der Waals surface area (Å²) in [6.45, 7) is 3.77. The molecule has 5 aliphatic carbocycles. The molecule has 5 fully saturated rings. The molecule has 0 spiro atoms. The lowest BCUT2D eigenvalue weighted by Gasteiger charge is -2.55. The zero-order valence-corrected chi connectivity index (χ0v) is 12.6. The molecule has 0 radical (unpaired) electrons. The average molecular weight is 261 g/mol.